The molecule has 1 aromatic carbocycles. The number of rotatable bonds is 11. The SMILES string of the molecule is C[C@H](OC(=O)[C@H](CC(=O)OC1=CC[C@@]2(O)[C@H]3Cc4ccc(CO)c5c4[C@@]2(CCCN3C)[C@H]1O5)OC(=O)[C@H](O)[C@@H](O)C(=O)O)C(=O)O. The molecule has 1 fully saturated rings. The van der Waals surface area contributed by atoms with Crippen molar-refractivity contribution in [3.05, 3.63) is 40.7 Å². The number of carboxylic acid groups (broad SMARTS) is 2. The monoisotopic (exact) mass is 649 g/mol. The summed E-state index contributed by atoms with van der Waals surface area (Å²) in [6.07, 6.45) is -8.16. The van der Waals surface area contributed by atoms with Crippen molar-refractivity contribution in [1.29, 1.82) is 0 Å². The maximum atomic E-state index is 13.3. The number of aliphatic carboxylic acids is 2. The zero-order chi connectivity index (χ0) is 33.7. The van der Waals surface area contributed by atoms with Crippen molar-refractivity contribution in [3.8, 4) is 5.75 Å². The van der Waals surface area contributed by atoms with Crippen LogP contribution in [0.15, 0.2) is 24.0 Å². The van der Waals surface area contributed by atoms with E-state index < -0.39 is 77.8 Å². The molecule has 2 bridgehead atoms. The van der Waals surface area contributed by atoms with Gasteiger partial charge in [-0.2, -0.15) is 0 Å². The maximum absolute atomic E-state index is 13.3. The first-order valence-corrected chi connectivity index (χ1v) is 14.6. The minimum atomic E-state index is -2.66. The van der Waals surface area contributed by atoms with E-state index in [1.165, 1.54) is 6.08 Å². The molecule has 1 aromatic rings. The first-order chi connectivity index (χ1) is 21.7. The standard InChI is InChI=1S/C30H35NO15/c1-13(25(36)37)43-27(40)17(45-28(41)22(35)21(34)26(38)39)11-19(33)44-16-6-8-30(42)18-10-14-4-5-15(12-32)23-20(14)29(30,24(16)46-23)7-3-9-31(18)2/h4-6,13,17-18,21-22,24,32,34-35,42H,3,7-12H2,1-2H3,(H,36,37)(H,38,39)/t13-,17-,18+,21+,22+,24-,29-,30+/m0/s1. The third-order valence-corrected chi connectivity index (χ3v) is 9.39. The quantitative estimate of drug-likeness (QED) is 0.118. The van der Waals surface area contributed by atoms with Gasteiger partial charge in [-0.3, -0.25) is 4.79 Å². The summed E-state index contributed by atoms with van der Waals surface area (Å²) in [7, 11) is 1.93. The molecule has 0 amide bonds. The van der Waals surface area contributed by atoms with Crippen LogP contribution in [0.25, 0.3) is 0 Å². The lowest BCUT2D eigenvalue weighted by atomic mass is 9.52. The van der Waals surface area contributed by atoms with Gasteiger partial charge in [-0.1, -0.05) is 12.1 Å². The zero-order valence-electron chi connectivity index (χ0n) is 25.0. The van der Waals surface area contributed by atoms with E-state index in [2.05, 4.69) is 4.90 Å². The van der Waals surface area contributed by atoms with Gasteiger partial charge in [0.15, 0.2) is 24.4 Å². The number of benzene rings is 1. The summed E-state index contributed by atoms with van der Waals surface area (Å²) in [5.74, 6) is -7.68. The fourth-order valence-corrected chi connectivity index (χ4v) is 7.16. The minimum Gasteiger partial charge on any atom is -0.481 e. The first-order valence-electron chi connectivity index (χ1n) is 14.6. The molecule has 0 unspecified atom stereocenters. The third-order valence-electron chi connectivity index (χ3n) is 9.39. The Labute approximate surface area is 261 Å². The lowest BCUT2D eigenvalue weighted by molar-refractivity contribution is -0.186. The van der Waals surface area contributed by atoms with Gasteiger partial charge in [0.1, 0.15) is 11.5 Å². The number of carbonyl (C=O) groups is 5. The van der Waals surface area contributed by atoms with Crippen LogP contribution < -0.4 is 4.74 Å². The number of hydrogen-bond donors (Lipinski definition) is 6. The second-order valence-corrected chi connectivity index (χ2v) is 12.0. The Morgan fingerprint density at radius 1 is 1.07 bits per heavy atom. The summed E-state index contributed by atoms with van der Waals surface area (Å²) >= 11 is 0. The number of aliphatic hydroxyl groups is 4. The number of aliphatic hydroxyl groups excluding tert-OH is 3. The Morgan fingerprint density at radius 2 is 1.78 bits per heavy atom. The highest BCUT2D eigenvalue weighted by Crippen LogP contribution is 2.64. The van der Waals surface area contributed by atoms with Crippen molar-refractivity contribution >= 4 is 29.8 Å². The van der Waals surface area contributed by atoms with Gasteiger partial charge in [0.2, 0.25) is 6.10 Å². The van der Waals surface area contributed by atoms with Gasteiger partial charge in [-0.25, -0.2) is 19.2 Å². The predicted molar refractivity (Wildman–Crippen MR) is 149 cm³/mol. The van der Waals surface area contributed by atoms with E-state index >= 15 is 0 Å². The highest BCUT2D eigenvalue weighted by Gasteiger charge is 2.70. The molecule has 46 heavy (non-hydrogen) atoms. The van der Waals surface area contributed by atoms with Crippen molar-refractivity contribution in [1.82, 2.24) is 4.90 Å². The highest BCUT2D eigenvalue weighted by atomic mass is 16.6. The van der Waals surface area contributed by atoms with Gasteiger partial charge >= 0.3 is 29.8 Å². The molecule has 5 rings (SSSR count). The molecule has 6 N–H and O–H groups in total. The largest absolute Gasteiger partial charge is 0.481 e. The molecule has 4 aliphatic rings. The average molecular weight is 650 g/mol. The van der Waals surface area contributed by atoms with E-state index in [1.807, 2.05) is 13.1 Å². The zero-order valence-corrected chi connectivity index (χ0v) is 25.0. The van der Waals surface area contributed by atoms with Crippen LogP contribution in [0.1, 0.15) is 49.3 Å². The second kappa shape index (κ2) is 12.3. The Kier molecular flexibility index (Phi) is 8.87. The molecule has 16 nitrogen and oxygen atoms in total. The van der Waals surface area contributed by atoms with E-state index in [0.717, 1.165) is 18.1 Å². The molecular formula is C30H35NO15. The molecule has 0 radical (unpaired) electrons. The van der Waals surface area contributed by atoms with Gasteiger partial charge in [0, 0.05) is 23.6 Å². The average Bonchev–Trinajstić information content (AvgIpc) is 3.34. The summed E-state index contributed by atoms with van der Waals surface area (Å²) in [6.45, 7) is 1.32. The van der Waals surface area contributed by atoms with Crippen LogP contribution in [0.3, 0.4) is 0 Å². The van der Waals surface area contributed by atoms with E-state index in [-0.39, 0.29) is 24.8 Å². The third kappa shape index (κ3) is 5.29. The number of likely N-dealkylation sites (tertiary alicyclic amines) is 1. The maximum Gasteiger partial charge on any atom is 0.348 e. The number of esters is 3. The molecule has 0 aromatic heterocycles. The number of nitrogens with zero attached hydrogens (tertiary/aromatic N) is 1. The van der Waals surface area contributed by atoms with Crippen molar-refractivity contribution in [2.45, 2.75) is 93.2 Å². The first kappa shape index (κ1) is 33.3. The van der Waals surface area contributed by atoms with Crippen LogP contribution in [0.5, 0.6) is 5.75 Å². The number of carboxylic acids is 2. The van der Waals surface area contributed by atoms with Crippen molar-refractivity contribution < 1.29 is 73.6 Å². The molecule has 2 aliphatic heterocycles. The highest BCUT2D eigenvalue weighted by molar-refractivity contribution is 5.89. The second-order valence-electron chi connectivity index (χ2n) is 12.0. The number of carbonyl (C=O) groups excluding carboxylic acids is 3. The molecule has 250 valence electrons. The van der Waals surface area contributed by atoms with Gasteiger partial charge < -0.3 is 54.5 Å². The van der Waals surface area contributed by atoms with Crippen LogP contribution in [0, 0.1) is 0 Å². The summed E-state index contributed by atoms with van der Waals surface area (Å²) in [4.78, 5) is 62.7. The molecule has 8 atom stereocenters. The molecule has 1 saturated heterocycles. The molecule has 2 heterocycles. The number of likely N-dealkylation sites (N-methyl/N-ethyl adjacent to an activating group) is 1. The molecule has 0 saturated carbocycles. The molecule has 2 aliphatic carbocycles. The lowest BCUT2D eigenvalue weighted by Crippen LogP contribution is -2.69. The summed E-state index contributed by atoms with van der Waals surface area (Å²) in [5, 5.41) is 59.9. The van der Waals surface area contributed by atoms with Gasteiger partial charge in [0.25, 0.3) is 0 Å². The normalized spacial score (nSPS) is 28.6. The fourth-order valence-electron chi connectivity index (χ4n) is 7.16. The summed E-state index contributed by atoms with van der Waals surface area (Å²) < 4.78 is 21.6. The Morgan fingerprint density at radius 3 is 2.43 bits per heavy atom. The van der Waals surface area contributed by atoms with Crippen LogP contribution >= 0.6 is 0 Å². The van der Waals surface area contributed by atoms with E-state index in [1.54, 1.807) is 6.07 Å². The Balaban J connectivity index is 1.44. The summed E-state index contributed by atoms with van der Waals surface area (Å²) in [6, 6.07) is 3.33. The molecule has 16 heteroatoms. The van der Waals surface area contributed by atoms with E-state index in [4.69, 9.17) is 29.2 Å². The smallest absolute Gasteiger partial charge is 0.348 e. The van der Waals surface area contributed by atoms with Gasteiger partial charge in [0.05, 0.1) is 24.0 Å². The van der Waals surface area contributed by atoms with Crippen LogP contribution in [0.2, 0.25) is 0 Å². The fraction of sp³-hybridized carbons (Fsp3) is 0.567. The van der Waals surface area contributed by atoms with Crippen molar-refractivity contribution in [2.75, 3.05) is 13.6 Å². The number of hydrogen-bond acceptors (Lipinski definition) is 14. The Hall–Kier alpha value is -4.09. The van der Waals surface area contributed by atoms with Crippen LogP contribution in [0.4, 0.5) is 0 Å². The van der Waals surface area contributed by atoms with Gasteiger partial charge in [-0.15, -0.1) is 0 Å². The predicted octanol–water partition coefficient (Wildman–Crippen LogP) is -1.49. The topological polar surface area (TPSA) is 247 Å². The Bertz CT molecular complexity index is 1490. The molecule has 1 spiro atoms. The van der Waals surface area contributed by atoms with Crippen molar-refractivity contribution in [2.24, 2.45) is 0 Å². The van der Waals surface area contributed by atoms with Crippen LogP contribution in [-0.4, -0.2) is 121 Å². The molecular weight excluding hydrogens is 614 g/mol. The van der Waals surface area contributed by atoms with Crippen molar-refractivity contribution in [3.63, 3.8) is 0 Å². The number of ether oxygens (including phenoxy) is 4. The van der Waals surface area contributed by atoms with Gasteiger partial charge in [-0.05, 0) is 51.4 Å². The summed E-state index contributed by atoms with van der Waals surface area (Å²) in [5.41, 5.74) is -0.268. The van der Waals surface area contributed by atoms with E-state index in [9.17, 15) is 44.4 Å². The minimum absolute atomic E-state index is 0.00963. The van der Waals surface area contributed by atoms with Crippen LogP contribution in [-0.2, 0) is 56.6 Å². The lowest BCUT2D eigenvalue weighted by Gasteiger charge is -2.56. The van der Waals surface area contributed by atoms with E-state index in [0.29, 0.717) is 37.1 Å².